The van der Waals surface area contributed by atoms with Gasteiger partial charge in [0.05, 0.1) is 21.2 Å². The zero-order valence-corrected chi connectivity index (χ0v) is 15.0. The Hall–Kier alpha value is -2.53. The van der Waals surface area contributed by atoms with Gasteiger partial charge >= 0.3 is 6.18 Å². The van der Waals surface area contributed by atoms with E-state index in [2.05, 4.69) is 10.3 Å². The van der Waals surface area contributed by atoms with E-state index in [-0.39, 0.29) is 16.3 Å². The van der Waals surface area contributed by atoms with E-state index >= 15 is 0 Å². The summed E-state index contributed by atoms with van der Waals surface area (Å²) in [6, 6.07) is 4.28. The molecule has 27 heavy (non-hydrogen) atoms. The minimum absolute atomic E-state index is 0.146. The van der Waals surface area contributed by atoms with Gasteiger partial charge in [-0.3, -0.25) is 9.52 Å². The Kier molecular flexibility index (Phi) is 4.68. The average Bonchev–Trinajstić information content (AvgIpc) is 2.56. The zero-order chi connectivity index (χ0) is 20.0. The van der Waals surface area contributed by atoms with Crippen LogP contribution in [0, 0.1) is 0 Å². The van der Waals surface area contributed by atoms with Crippen LogP contribution < -0.4 is 14.8 Å². The van der Waals surface area contributed by atoms with E-state index in [0.29, 0.717) is 12.3 Å². The van der Waals surface area contributed by atoms with Gasteiger partial charge in [-0.2, -0.15) is 13.2 Å². The minimum atomic E-state index is -4.66. The summed E-state index contributed by atoms with van der Waals surface area (Å²) in [6.45, 7) is 1.53. The van der Waals surface area contributed by atoms with Gasteiger partial charge in [-0.1, -0.05) is 11.6 Å². The van der Waals surface area contributed by atoms with Crippen molar-refractivity contribution < 1.29 is 31.1 Å². The number of sulfonamides is 1. The number of nitrogens with zero attached hydrogens (tertiary/aromatic N) is 1. The molecular formula is C15H11ClF3N3O4S. The molecule has 0 spiro atoms. The van der Waals surface area contributed by atoms with Crippen molar-refractivity contribution in [3.8, 4) is 5.75 Å². The van der Waals surface area contributed by atoms with Gasteiger partial charge in [0.25, 0.3) is 15.9 Å². The molecule has 1 unspecified atom stereocenters. The number of anilines is 2. The second-order valence-electron chi connectivity index (χ2n) is 5.56. The molecule has 1 aliphatic heterocycles. The first-order valence-electron chi connectivity index (χ1n) is 7.34. The third-order valence-corrected chi connectivity index (χ3v) is 5.22. The lowest BCUT2D eigenvalue weighted by atomic mass is 10.2. The van der Waals surface area contributed by atoms with Gasteiger partial charge in [0.2, 0.25) is 0 Å². The Morgan fingerprint density at radius 1 is 1.30 bits per heavy atom. The fourth-order valence-electron chi connectivity index (χ4n) is 2.21. The number of alkyl halides is 3. The van der Waals surface area contributed by atoms with Gasteiger partial charge < -0.3 is 10.1 Å². The van der Waals surface area contributed by atoms with Crippen LogP contribution in [0.1, 0.15) is 12.5 Å². The van der Waals surface area contributed by atoms with Gasteiger partial charge in [0, 0.05) is 6.20 Å². The Balaban J connectivity index is 1.90. The van der Waals surface area contributed by atoms with Crippen LogP contribution in [0.5, 0.6) is 5.75 Å². The summed E-state index contributed by atoms with van der Waals surface area (Å²) >= 11 is 5.71. The van der Waals surface area contributed by atoms with Crippen LogP contribution in [0.2, 0.25) is 5.02 Å². The average molecular weight is 422 g/mol. The molecule has 0 fully saturated rings. The maximum atomic E-state index is 12.6. The number of hydrogen-bond acceptors (Lipinski definition) is 5. The van der Waals surface area contributed by atoms with Crippen molar-refractivity contribution in [1.82, 2.24) is 4.98 Å². The van der Waals surface area contributed by atoms with Crippen molar-refractivity contribution in [1.29, 1.82) is 0 Å². The Morgan fingerprint density at radius 2 is 2.00 bits per heavy atom. The summed E-state index contributed by atoms with van der Waals surface area (Å²) in [6.07, 6.45) is -4.93. The predicted octanol–water partition coefficient (Wildman–Crippen LogP) is 3.27. The second kappa shape index (κ2) is 6.57. The SMILES string of the molecule is CC1Oc2ccc(S(=O)(=O)Nc3ncc(C(F)(F)F)cc3Cl)cc2NC1=O. The van der Waals surface area contributed by atoms with Crippen molar-refractivity contribution in [2.75, 3.05) is 10.0 Å². The molecular weight excluding hydrogens is 411 g/mol. The van der Waals surface area contributed by atoms with Gasteiger partial charge in [-0.15, -0.1) is 0 Å². The van der Waals surface area contributed by atoms with Gasteiger partial charge in [0.15, 0.2) is 11.9 Å². The smallest absolute Gasteiger partial charge is 0.417 e. The molecule has 1 aromatic carbocycles. The number of nitrogens with one attached hydrogen (secondary N) is 2. The Bertz CT molecular complexity index is 1030. The summed E-state index contributed by atoms with van der Waals surface area (Å²) in [4.78, 5) is 14.8. The minimum Gasteiger partial charge on any atom is -0.479 e. The highest BCUT2D eigenvalue weighted by Gasteiger charge is 2.32. The first kappa shape index (κ1) is 19.2. The van der Waals surface area contributed by atoms with Crippen LogP contribution in [-0.4, -0.2) is 25.4 Å². The van der Waals surface area contributed by atoms with Gasteiger partial charge in [-0.25, -0.2) is 13.4 Å². The third-order valence-electron chi connectivity index (χ3n) is 3.59. The molecule has 0 radical (unpaired) electrons. The second-order valence-corrected chi connectivity index (χ2v) is 7.65. The highest BCUT2D eigenvalue weighted by atomic mass is 35.5. The van der Waals surface area contributed by atoms with Crippen molar-refractivity contribution in [2.45, 2.75) is 24.1 Å². The molecule has 144 valence electrons. The summed E-state index contributed by atoms with van der Waals surface area (Å²) in [5, 5.41) is 1.98. The molecule has 2 N–H and O–H groups in total. The molecule has 1 amide bonds. The number of halogens is 4. The maximum absolute atomic E-state index is 12.6. The molecule has 0 saturated carbocycles. The molecule has 2 heterocycles. The number of fused-ring (bicyclic) bond motifs is 1. The molecule has 2 aromatic rings. The van der Waals surface area contributed by atoms with Crippen LogP contribution in [0.4, 0.5) is 24.7 Å². The van der Waals surface area contributed by atoms with Gasteiger partial charge in [-0.05, 0) is 31.2 Å². The zero-order valence-electron chi connectivity index (χ0n) is 13.5. The van der Waals surface area contributed by atoms with E-state index in [0.717, 1.165) is 6.07 Å². The monoisotopic (exact) mass is 421 g/mol. The van der Waals surface area contributed by atoms with E-state index in [1.807, 2.05) is 4.72 Å². The number of amides is 1. The van der Waals surface area contributed by atoms with E-state index in [9.17, 15) is 26.4 Å². The predicted molar refractivity (Wildman–Crippen MR) is 90.2 cm³/mol. The van der Waals surface area contributed by atoms with Crippen LogP contribution in [0.25, 0.3) is 0 Å². The maximum Gasteiger partial charge on any atom is 0.417 e. The topological polar surface area (TPSA) is 97.4 Å². The quantitative estimate of drug-likeness (QED) is 0.792. The number of carbonyl (C=O) groups excluding carboxylic acids is 1. The lowest BCUT2D eigenvalue weighted by Crippen LogP contribution is -2.34. The molecule has 1 atom stereocenters. The number of carbonyl (C=O) groups is 1. The normalized spacial score (nSPS) is 16.9. The van der Waals surface area contributed by atoms with Crippen molar-refractivity contribution in [3.63, 3.8) is 0 Å². The molecule has 0 aliphatic carbocycles. The first-order chi connectivity index (χ1) is 12.5. The van der Waals surface area contributed by atoms with Crippen molar-refractivity contribution in [2.24, 2.45) is 0 Å². The standard InChI is InChI=1S/C15H11ClF3N3O4S/c1-7-14(23)21-11-5-9(2-3-12(11)26-7)27(24,25)22-13-10(16)4-8(6-20-13)15(17,18)19/h2-7H,1H3,(H,20,22)(H,21,23). The third kappa shape index (κ3) is 3.93. The number of pyridine rings is 1. The largest absolute Gasteiger partial charge is 0.479 e. The number of ether oxygens (including phenoxy) is 1. The van der Waals surface area contributed by atoms with E-state index in [1.54, 1.807) is 0 Å². The fraction of sp³-hybridized carbons (Fsp3) is 0.200. The van der Waals surface area contributed by atoms with Gasteiger partial charge in [0.1, 0.15) is 5.75 Å². The molecule has 3 rings (SSSR count). The summed E-state index contributed by atoms with van der Waals surface area (Å²) in [7, 11) is -4.23. The molecule has 12 heteroatoms. The van der Waals surface area contributed by atoms with Crippen LogP contribution in [0.3, 0.4) is 0 Å². The first-order valence-corrected chi connectivity index (χ1v) is 9.20. The number of aromatic nitrogens is 1. The lowest BCUT2D eigenvalue weighted by molar-refractivity contribution is -0.137. The molecule has 0 saturated heterocycles. The van der Waals surface area contributed by atoms with Crippen molar-refractivity contribution >= 4 is 39.0 Å². The lowest BCUT2D eigenvalue weighted by Gasteiger charge is -2.23. The highest BCUT2D eigenvalue weighted by Crippen LogP contribution is 2.34. The Labute approximate surface area is 156 Å². The number of rotatable bonds is 3. The molecule has 0 bridgehead atoms. The molecule has 1 aromatic heterocycles. The van der Waals surface area contributed by atoms with E-state index in [4.69, 9.17) is 16.3 Å². The van der Waals surface area contributed by atoms with Crippen LogP contribution >= 0.6 is 11.6 Å². The van der Waals surface area contributed by atoms with E-state index < -0.39 is 44.6 Å². The molecule has 1 aliphatic rings. The van der Waals surface area contributed by atoms with E-state index in [1.165, 1.54) is 19.1 Å². The van der Waals surface area contributed by atoms with Crippen molar-refractivity contribution in [3.05, 3.63) is 41.0 Å². The number of benzene rings is 1. The number of hydrogen-bond donors (Lipinski definition) is 2. The summed E-state index contributed by atoms with van der Waals surface area (Å²) in [5.74, 6) is -0.625. The highest BCUT2D eigenvalue weighted by molar-refractivity contribution is 7.92. The fourth-order valence-corrected chi connectivity index (χ4v) is 3.53. The Morgan fingerprint density at radius 3 is 2.63 bits per heavy atom. The van der Waals surface area contributed by atoms with Crippen LogP contribution in [-0.2, 0) is 21.0 Å². The summed E-state index contributed by atoms with van der Waals surface area (Å²) < 4.78 is 70.2. The molecule has 7 nitrogen and oxygen atoms in total. The summed E-state index contributed by atoms with van der Waals surface area (Å²) in [5.41, 5.74) is -0.967. The van der Waals surface area contributed by atoms with Crippen LogP contribution in [0.15, 0.2) is 35.4 Å².